The lowest BCUT2D eigenvalue weighted by Gasteiger charge is -2.29. The van der Waals surface area contributed by atoms with Gasteiger partial charge in [0.25, 0.3) is 0 Å². The summed E-state index contributed by atoms with van der Waals surface area (Å²) in [4.78, 5) is 57.3. The van der Waals surface area contributed by atoms with Gasteiger partial charge in [-0.15, -0.1) is 0 Å². The van der Waals surface area contributed by atoms with Gasteiger partial charge in [0.1, 0.15) is 18.1 Å². The molecule has 1 aromatic heterocycles. The first-order chi connectivity index (χ1) is 14.6. The standard InChI is InChI=1S/C19H30N6O6/c1-10(2)15(20)17(28)24-13(8-26)18(29)25-5-3-4-14(25)16(27)23-12(19(30)31)6-11-7-21-9-22-11/h7,9-10,12-15,26H,3-6,8,20H2,1-2H3,(H,21,22)(H,23,27)(H,24,28)(H,30,31). The molecule has 0 bridgehead atoms. The third kappa shape index (κ3) is 6.25. The van der Waals surface area contributed by atoms with E-state index in [9.17, 15) is 29.4 Å². The monoisotopic (exact) mass is 438 g/mol. The van der Waals surface area contributed by atoms with Crippen LogP contribution in [-0.4, -0.2) is 86.1 Å². The Morgan fingerprint density at radius 2 is 2.00 bits per heavy atom. The van der Waals surface area contributed by atoms with E-state index < -0.39 is 54.5 Å². The number of rotatable bonds is 10. The van der Waals surface area contributed by atoms with E-state index in [1.54, 1.807) is 13.8 Å². The number of nitrogens with one attached hydrogen (secondary N) is 3. The van der Waals surface area contributed by atoms with E-state index in [1.165, 1.54) is 17.4 Å². The molecule has 0 aliphatic carbocycles. The second-order valence-corrected chi connectivity index (χ2v) is 7.88. The lowest BCUT2D eigenvalue weighted by atomic mass is 10.0. The van der Waals surface area contributed by atoms with Gasteiger partial charge in [0, 0.05) is 24.9 Å². The fourth-order valence-corrected chi connectivity index (χ4v) is 3.34. The number of carboxylic acid groups (broad SMARTS) is 1. The normalized spacial score (nSPS) is 19.0. The fourth-order valence-electron chi connectivity index (χ4n) is 3.34. The number of nitrogens with two attached hydrogens (primary N) is 1. The molecule has 1 aliphatic rings. The van der Waals surface area contributed by atoms with Crippen molar-refractivity contribution in [3.05, 3.63) is 18.2 Å². The smallest absolute Gasteiger partial charge is 0.326 e. The molecule has 1 aliphatic heterocycles. The molecule has 0 saturated carbocycles. The Hall–Kier alpha value is -2.99. The first-order valence-corrected chi connectivity index (χ1v) is 10.1. The number of nitrogens with zero attached hydrogens (tertiary/aromatic N) is 2. The van der Waals surface area contributed by atoms with Crippen LogP contribution < -0.4 is 16.4 Å². The molecule has 0 radical (unpaired) electrons. The molecule has 172 valence electrons. The van der Waals surface area contributed by atoms with Crippen LogP contribution in [0.3, 0.4) is 0 Å². The number of H-pyrrole nitrogens is 1. The minimum atomic E-state index is -1.24. The summed E-state index contributed by atoms with van der Waals surface area (Å²) in [5.74, 6) is -3.19. The van der Waals surface area contributed by atoms with Crippen molar-refractivity contribution in [2.45, 2.75) is 57.3 Å². The number of amides is 3. The second kappa shape index (κ2) is 10.9. The lowest BCUT2D eigenvalue weighted by molar-refractivity contribution is -0.145. The first-order valence-electron chi connectivity index (χ1n) is 10.1. The molecule has 1 saturated heterocycles. The molecule has 4 unspecified atom stereocenters. The third-order valence-electron chi connectivity index (χ3n) is 5.25. The molecule has 0 spiro atoms. The van der Waals surface area contributed by atoms with Crippen LogP contribution in [0.4, 0.5) is 0 Å². The zero-order chi connectivity index (χ0) is 23.1. The minimum Gasteiger partial charge on any atom is -0.480 e. The molecular formula is C19H30N6O6. The average Bonchev–Trinajstić information content (AvgIpc) is 3.41. The summed E-state index contributed by atoms with van der Waals surface area (Å²) in [7, 11) is 0. The van der Waals surface area contributed by atoms with Gasteiger partial charge in [-0.1, -0.05) is 13.8 Å². The van der Waals surface area contributed by atoms with Crippen molar-refractivity contribution in [3.8, 4) is 0 Å². The average molecular weight is 438 g/mol. The van der Waals surface area contributed by atoms with Gasteiger partial charge in [-0.25, -0.2) is 9.78 Å². The number of aromatic amines is 1. The number of carbonyl (C=O) groups excluding carboxylic acids is 3. The van der Waals surface area contributed by atoms with Crippen LogP contribution in [0.5, 0.6) is 0 Å². The van der Waals surface area contributed by atoms with Crippen molar-refractivity contribution in [1.82, 2.24) is 25.5 Å². The summed E-state index contributed by atoms with van der Waals surface area (Å²) < 4.78 is 0. The Morgan fingerprint density at radius 1 is 1.29 bits per heavy atom. The summed E-state index contributed by atoms with van der Waals surface area (Å²) in [6, 6.07) is -4.20. The van der Waals surface area contributed by atoms with Crippen molar-refractivity contribution in [3.63, 3.8) is 0 Å². The number of hydrogen-bond acceptors (Lipinski definition) is 7. The number of aromatic nitrogens is 2. The van der Waals surface area contributed by atoms with Gasteiger partial charge in [0.2, 0.25) is 17.7 Å². The topological polar surface area (TPSA) is 191 Å². The number of aliphatic carboxylic acids is 1. The van der Waals surface area contributed by atoms with E-state index in [4.69, 9.17) is 5.73 Å². The summed E-state index contributed by atoms with van der Waals surface area (Å²) in [6.45, 7) is 3.10. The number of likely N-dealkylation sites (tertiary alicyclic amines) is 1. The van der Waals surface area contributed by atoms with Crippen molar-refractivity contribution >= 4 is 23.7 Å². The van der Waals surface area contributed by atoms with Gasteiger partial charge in [-0.3, -0.25) is 14.4 Å². The number of hydrogen-bond donors (Lipinski definition) is 6. The molecule has 1 aromatic rings. The summed E-state index contributed by atoms with van der Waals surface area (Å²) >= 11 is 0. The minimum absolute atomic E-state index is 0.00412. The number of carbonyl (C=O) groups is 4. The SMILES string of the molecule is CC(C)C(N)C(=O)NC(CO)C(=O)N1CCCC1C(=O)NC(Cc1cnc[nH]1)C(=O)O. The van der Waals surface area contributed by atoms with E-state index >= 15 is 0 Å². The molecule has 12 nitrogen and oxygen atoms in total. The maximum Gasteiger partial charge on any atom is 0.326 e. The number of aliphatic hydroxyl groups excluding tert-OH is 1. The predicted molar refractivity (Wildman–Crippen MR) is 108 cm³/mol. The molecule has 2 heterocycles. The molecule has 1 fully saturated rings. The number of aliphatic hydroxyl groups is 1. The van der Waals surface area contributed by atoms with E-state index in [1.807, 2.05) is 0 Å². The van der Waals surface area contributed by atoms with E-state index in [2.05, 4.69) is 20.6 Å². The second-order valence-electron chi connectivity index (χ2n) is 7.88. The zero-order valence-corrected chi connectivity index (χ0v) is 17.6. The molecule has 3 amide bonds. The Morgan fingerprint density at radius 3 is 2.55 bits per heavy atom. The number of carboxylic acids is 1. The highest BCUT2D eigenvalue weighted by Gasteiger charge is 2.39. The fraction of sp³-hybridized carbons (Fsp3) is 0.632. The Kier molecular flexibility index (Phi) is 8.51. The van der Waals surface area contributed by atoms with Crippen LogP contribution in [0.1, 0.15) is 32.4 Å². The van der Waals surface area contributed by atoms with Gasteiger partial charge < -0.3 is 36.5 Å². The summed E-state index contributed by atoms with van der Waals surface area (Å²) in [6.07, 6.45) is 3.74. The van der Waals surface area contributed by atoms with Crippen LogP contribution in [-0.2, 0) is 25.6 Å². The molecule has 31 heavy (non-hydrogen) atoms. The van der Waals surface area contributed by atoms with E-state index in [-0.39, 0.29) is 18.9 Å². The maximum absolute atomic E-state index is 12.9. The van der Waals surface area contributed by atoms with Crippen molar-refractivity contribution in [2.75, 3.05) is 13.2 Å². The van der Waals surface area contributed by atoms with Crippen LogP contribution in [0.15, 0.2) is 12.5 Å². The highest BCUT2D eigenvalue weighted by atomic mass is 16.4. The van der Waals surface area contributed by atoms with Crippen molar-refractivity contribution in [2.24, 2.45) is 11.7 Å². The first kappa shape index (κ1) is 24.3. The van der Waals surface area contributed by atoms with E-state index in [0.717, 1.165) is 0 Å². The van der Waals surface area contributed by atoms with Crippen LogP contribution in [0, 0.1) is 5.92 Å². The predicted octanol–water partition coefficient (Wildman–Crippen LogP) is -2.03. The number of imidazole rings is 1. The maximum atomic E-state index is 12.9. The molecule has 7 N–H and O–H groups in total. The Balaban J connectivity index is 2.05. The molecule has 2 rings (SSSR count). The quantitative estimate of drug-likeness (QED) is 0.241. The summed E-state index contributed by atoms with van der Waals surface area (Å²) in [5.41, 5.74) is 6.32. The van der Waals surface area contributed by atoms with Crippen molar-refractivity contribution in [1.29, 1.82) is 0 Å². The van der Waals surface area contributed by atoms with Gasteiger partial charge >= 0.3 is 5.97 Å². The van der Waals surface area contributed by atoms with Gasteiger partial charge in [0.05, 0.1) is 19.0 Å². The summed E-state index contributed by atoms with van der Waals surface area (Å²) in [5, 5.41) is 24.0. The Bertz CT molecular complexity index is 783. The van der Waals surface area contributed by atoms with Crippen molar-refractivity contribution < 1.29 is 29.4 Å². The van der Waals surface area contributed by atoms with Crippen LogP contribution in [0.2, 0.25) is 0 Å². The van der Waals surface area contributed by atoms with Crippen LogP contribution >= 0.6 is 0 Å². The lowest BCUT2D eigenvalue weighted by Crippen LogP contribution is -2.58. The largest absolute Gasteiger partial charge is 0.480 e. The molecular weight excluding hydrogens is 408 g/mol. The van der Waals surface area contributed by atoms with Gasteiger partial charge in [-0.05, 0) is 18.8 Å². The third-order valence-corrected chi connectivity index (χ3v) is 5.25. The van der Waals surface area contributed by atoms with Gasteiger partial charge in [0.15, 0.2) is 0 Å². The highest BCUT2D eigenvalue weighted by Crippen LogP contribution is 2.19. The highest BCUT2D eigenvalue weighted by molar-refractivity contribution is 5.94. The Labute approximate surface area is 179 Å². The molecule has 4 atom stereocenters. The van der Waals surface area contributed by atoms with E-state index in [0.29, 0.717) is 18.5 Å². The van der Waals surface area contributed by atoms with Gasteiger partial charge in [-0.2, -0.15) is 0 Å². The molecule has 0 aromatic carbocycles. The molecule has 12 heteroatoms. The zero-order valence-electron chi connectivity index (χ0n) is 17.6. The van der Waals surface area contributed by atoms with Crippen LogP contribution in [0.25, 0.3) is 0 Å².